The zero-order valence-electron chi connectivity index (χ0n) is 13.7. The van der Waals surface area contributed by atoms with Gasteiger partial charge in [0.2, 0.25) is 5.16 Å². The minimum atomic E-state index is 0.674. The molecule has 4 aromatic rings. The number of aromatic nitrogens is 6. The van der Waals surface area contributed by atoms with Gasteiger partial charge in [-0.1, -0.05) is 53.7 Å². The summed E-state index contributed by atoms with van der Waals surface area (Å²) in [7, 11) is 0. The van der Waals surface area contributed by atoms with Crippen molar-refractivity contribution in [3.8, 4) is 5.69 Å². The number of hydrogen-bond acceptors (Lipinski definition) is 5. The summed E-state index contributed by atoms with van der Waals surface area (Å²) in [6, 6.07) is 17.7. The van der Waals surface area contributed by atoms with E-state index in [0.717, 1.165) is 18.1 Å². The molecule has 2 aromatic heterocycles. The molecule has 0 bridgehead atoms. The predicted octanol–water partition coefficient (Wildman–Crippen LogP) is 3.85. The first-order chi connectivity index (χ1) is 12.8. The van der Waals surface area contributed by atoms with Gasteiger partial charge < -0.3 is 4.57 Å². The molecular formula is C18H15ClN6S. The minimum Gasteiger partial charge on any atom is -0.330 e. The highest BCUT2D eigenvalue weighted by Crippen LogP contribution is 2.23. The summed E-state index contributed by atoms with van der Waals surface area (Å²) in [4.78, 5) is 4.47. The maximum atomic E-state index is 5.95. The first-order valence-electron chi connectivity index (χ1n) is 8.00. The van der Waals surface area contributed by atoms with Crippen molar-refractivity contribution in [2.24, 2.45) is 0 Å². The van der Waals surface area contributed by atoms with Crippen LogP contribution < -0.4 is 0 Å². The van der Waals surface area contributed by atoms with Gasteiger partial charge in [0.1, 0.15) is 5.82 Å². The van der Waals surface area contributed by atoms with Crippen LogP contribution in [0.2, 0.25) is 5.02 Å². The molecule has 4 rings (SSSR count). The van der Waals surface area contributed by atoms with Crippen molar-refractivity contribution < 1.29 is 0 Å². The second-order valence-electron chi connectivity index (χ2n) is 5.60. The number of halogens is 1. The van der Waals surface area contributed by atoms with Crippen LogP contribution in [0, 0.1) is 0 Å². The van der Waals surface area contributed by atoms with Crippen molar-refractivity contribution >= 4 is 23.4 Å². The summed E-state index contributed by atoms with van der Waals surface area (Å²) < 4.78 is 3.84. The topological polar surface area (TPSA) is 61.4 Å². The Kier molecular flexibility index (Phi) is 4.99. The Hall–Kier alpha value is -2.64. The van der Waals surface area contributed by atoms with Crippen LogP contribution in [0.25, 0.3) is 5.69 Å². The van der Waals surface area contributed by atoms with Gasteiger partial charge >= 0.3 is 0 Å². The Morgan fingerprint density at radius 3 is 2.62 bits per heavy atom. The van der Waals surface area contributed by atoms with Crippen LogP contribution in [-0.2, 0) is 12.3 Å². The lowest BCUT2D eigenvalue weighted by Crippen LogP contribution is -2.04. The van der Waals surface area contributed by atoms with Gasteiger partial charge in [-0.05, 0) is 40.3 Å². The largest absolute Gasteiger partial charge is 0.330 e. The van der Waals surface area contributed by atoms with Crippen LogP contribution in [0.1, 0.15) is 11.4 Å². The molecule has 2 heterocycles. The second kappa shape index (κ2) is 7.72. The quantitative estimate of drug-likeness (QED) is 0.474. The third-order valence-electron chi connectivity index (χ3n) is 3.84. The molecule has 0 saturated carbocycles. The zero-order valence-corrected chi connectivity index (χ0v) is 15.3. The van der Waals surface area contributed by atoms with Crippen LogP contribution in [0.3, 0.4) is 0 Å². The molecule has 0 atom stereocenters. The molecule has 0 spiro atoms. The Balaban J connectivity index is 1.48. The fraction of sp³-hybridized carbons (Fsp3) is 0.111. The van der Waals surface area contributed by atoms with Crippen molar-refractivity contribution in [2.45, 2.75) is 17.5 Å². The van der Waals surface area contributed by atoms with Crippen LogP contribution in [0.15, 0.2) is 72.1 Å². The SMILES string of the molecule is Clc1ccc(-n2nnnc2SCc2nccn2Cc2ccccc2)cc1. The zero-order chi connectivity index (χ0) is 17.8. The fourth-order valence-electron chi connectivity index (χ4n) is 2.55. The molecule has 0 fully saturated rings. The second-order valence-corrected chi connectivity index (χ2v) is 6.97. The summed E-state index contributed by atoms with van der Waals surface area (Å²) in [6.07, 6.45) is 3.81. The standard InChI is InChI=1S/C18H15ClN6S/c19-15-6-8-16(9-7-15)25-18(21-22-23-25)26-13-17-20-10-11-24(17)12-14-4-2-1-3-5-14/h1-11H,12-13H2. The normalized spacial score (nSPS) is 11.0. The molecule has 0 amide bonds. The minimum absolute atomic E-state index is 0.674. The van der Waals surface area contributed by atoms with E-state index in [1.165, 1.54) is 5.56 Å². The molecule has 2 aromatic carbocycles. The smallest absolute Gasteiger partial charge is 0.214 e. The first kappa shape index (κ1) is 16.8. The maximum Gasteiger partial charge on any atom is 0.214 e. The van der Waals surface area contributed by atoms with Crippen LogP contribution >= 0.6 is 23.4 Å². The highest BCUT2D eigenvalue weighted by Gasteiger charge is 2.11. The molecule has 6 nitrogen and oxygen atoms in total. The number of tetrazole rings is 1. The predicted molar refractivity (Wildman–Crippen MR) is 101 cm³/mol. The molecule has 130 valence electrons. The Bertz CT molecular complexity index is 980. The molecule has 26 heavy (non-hydrogen) atoms. The highest BCUT2D eigenvalue weighted by molar-refractivity contribution is 7.98. The van der Waals surface area contributed by atoms with Crippen molar-refractivity contribution in [1.29, 1.82) is 0 Å². The third-order valence-corrected chi connectivity index (χ3v) is 5.01. The highest BCUT2D eigenvalue weighted by atomic mass is 35.5. The number of benzene rings is 2. The van der Waals surface area contributed by atoms with E-state index < -0.39 is 0 Å². The average Bonchev–Trinajstić information content (AvgIpc) is 3.31. The van der Waals surface area contributed by atoms with E-state index in [0.29, 0.717) is 15.9 Å². The van der Waals surface area contributed by atoms with Gasteiger partial charge in [-0.25, -0.2) is 4.98 Å². The van der Waals surface area contributed by atoms with Gasteiger partial charge in [0.25, 0.3) is 0 Å². The van der Waals surface area contributed by atoms with Crippen LogP contribution in [0.5, 0.6) is 0 Å². The molecule has 0 N–H and O–H groups in total. The van der Waals surface area contributed by atoms with E-state index in [2.05, 4.69) is 37.2 Å². The summed E-state index contributed by atoms with van der Waals surface area (Å²) in [6.45, 7) is 0.791. The van der Waals surface area contributed by atoms with Crippen LogP contribution in [-0.4, -0.2) is 29.8 Å². The maximum absolute atomic E-state index is 5.95. The molecule has 0 aliphatic rings. The molecule has 0 radical (unpaired) electrons. The first-order valence-corrected chi connectivity index (χ1v) is 9.37. The summed E-state index contributed by atoms with van der Waals surface area (Å²) in [5.41, 5.74) is 2.11. The van der Waals surface area contributed by atoms with Gasteiger partial charge in [0.15, 0.2) is 0 Å². The van der Waals surface area contributed by atoms with Crippen molar-refractivity contribution in [2.75, 3.05) is 0 Å². The molecule has 8 heteroatoms. The summed E-state index contributed by atoms with van der Waals surface area (Å²) in [5.74, 6) is 1.65. The Morgan fingerprint density at radius 2 is 1.81 bits per heavy atom. The van der Waals surface area contributed by atoms with Crippen molar-refractivity contribution in [3.05, 3.63) is 83.4 Å². The van der Waals surface area contributed by atoms with E-state index in [1.807, 2.05) is 54.9 Å². The Morgan fingerprint density at radius 1 is 1.00 bits per heavy atom. The summed E-state index contributed by atoms with van der Waals surface area (Å²) >= 11 is 7.49. The molecule has 0 aliphatic carbocycles. The number of nitrogens with zero attached hydrogens (tertiary/aromatic N) is 6. The number of rotatable bonds is 6. The van der Waals surface area contributed by atoms with E-state index in [1.54, 1.807) is 16.4 Å². The van der Waals surface area contributed by atoms with Crippen molar-refractivity contribution in [1.82, 2.24) is 29.8 Å². The van der Waals surface area contributed by atoms with Gasteiger partial charge in [0.05, 0.1) is 11.4 Å². The number of imidazole rings is 1. The van der Waals surface area contributed by atoms with Gasteiger partial charge in [-0.3, -0.25) is 0 Å². The Labute approximate surface area is 159 Å². The van der Waals surface area contributed by atoms with Crippen LogP contribution in [0.4, 0.5) is 0 Å². The van der Waals surface area contributed by atoms with E-state index in [4.69, 9.17) is 11.6 Å². The third kappa shape index (κ3) is 3.79. The monoisotopic (exact) mass is 382 g/mol. The molecule has 0 unspecified atom stereocenters. The van der Waals surface area contributed by atoms with Crippen molar-refractivity contribution in [3.63, 3.8) is 0 Å². The van der Waals surface area contributed by atoms with Gasteiger partial charge in [0, 0.05) is 24.0 Å². The van der Waals surface area contributed by atoms with E-state index in [-0.39, 0.29) is 0 Å². The number of thioether (sulfide) groups is 1. The van der Waals surface area contributed by atoms with E-state index >= 15 is 0 Å². The van der Waals surface area contributed by atoms with Gasteiger partial charge in [-0.2, -0.15) is 4.68 Å². The lowest BCUT2D eigenvalue weighted by Gasteiger charge is -2.08. The number of hydrogen-bond donors (Lipinski definition) is 0. The fourth-order valence-corrected chi connectivity index (χ4v) is 3.53. The molecule has 0 saturated heterocycles. The lowest BCUT2D eigenvalue weighted by molar-refractivity contribution is 0.747. The lowest BCUT2D eigenvalue weighted by atomic mass is 10.2. The molecular weight excluding hydrogens is 368 g/mol. The average molecular weight is 383 g/mol. The molecule has 0 aliphatic heterocycles. The van der Waals surface area contributed by atoms with Gasteiger partial charge in [-0.15, -0.1) is 5.10 Å². The van der Waals surface area contributed by atoms with E-state index in [9.17, 15) is 0 Å². The summed E-state index contributed by atoms with van der Waals surface area (Å²) in [5, 5.41) is 13.4.